The maximum absolute atomic E-state index is 11.6. The van der Waals surface area contributed by atoms with Gasteiger partial charge in [-0.15, -0.1) is 11.3 Å². The smallest absolute Gasteiger partial charge is 0.252 e. The van der Waals surface area contributed by atoms with E-state index in [1.807, 2.05) is 11.4 Å². The monoisotopic (exact) mass is 353 g/mol. The standard InChI is InChI=1S/C11H16INO2S/c1-8(2)6-15-4-3-13-11(14)9-5-10(12)16-7-9/h5,7-8H,3-4,6H2,1-2H3,(H,13,14). The number of thiophene rings is 1. The lowest BCUT2D eigenvalue weighted by atomic mass is 10.2. The van der Waals surface area contributed by atoms with Gasteiger partial charge in [-0.2, -0.15) is 0 Å². The van der Waals surface area contributed by atoms with Crippen molar-refractivity contribution in [2.45, 2.75) is 13.8 Å². The van der Waals surface area contributed by atoms with Gasteiger partial charge in [0.15, 0.2) is 0 Å². The van der Waals surface area contributed by atoms with E-state index in [4.69, 9.17) is 4.74 Å². The molecule has 1 heterocycles. The molecule has 0 aliphatic carbocycles. The lowest BCUT2D eigenvalue weighted by Gasteiger charge is -2.07. The first-order chi connectivity index (χ1) is 7.59. The number of nitrogens with one attached hydrogen (secondary N) is 1. The molecule has 0 fully saturated rings. The summed E-state index contributed by atoms with van der Waals surface area (Å²) in [6, 6.07) is 1.88. The van der Waals surface area contributed by atoms with E-state index in [-0.39, 0.29) is 5.91 Å². The lowest BCUT2D eigenvalue weighted by Crippen LogP contribution is -2.27. The summed E-state index contributed by atoms with van der Waals surface area (Å²) >= 11 is 3.78. The number of ether oxygens (including phenoxy) is 1. The Bertz CT molecular complexity index is 338. The highest BCUT2D eigenvalue weighted by Gasteiger charge is 2.06. The highest BCUT2D eigenvalue weighted by atomic mass is 127. The predicted molar refractivity (Wildman–Crippen MR) is 75.0 cm³/mol. The fraction of sp³-hybridized carbons (Fsp3) is 0.545. The fourth-order valence-electron chi connectivity index (χ4n) is 1.09. The van der Waals surface area contributed by atoms with E-state index in [2.05, 4.69) is 41.8 Å². The zero-order valence-electron chi connectivity index (χ0n) is 9.46. The molecule has 1 N–H and O–H groups in total. The summed E-state index contributed by atoms with van der Waals surface area (Å²) < 4.78 is 6.50. The Balaban J connectivity index is 2.16. The van der Waals surface area contributed by atoms with Crippen LogP contribution in [0.2, 0.25) is 0 Å². The van der Waals surface area contributed by atoms with Crippen LogP contribution in [0.1, 0.15) is 24.2 Å². The lowest BCUT2D eigenvalue weighted by molar-refractivity contribution is 0.0886. The van der Waals surface area contributed by atoms with E-state index in [0.717, 1.165) is 15.1 Å². The normalized spacial score (nSPS) is 10.8. The molecule has 0 aliphatic heterocycles. The summed E-state index contributed by atoms with van der Waals surface area (Å²) in [5.41, 5.74) is 0.734. The first-order valence-corrected chi connectivity index (χ1v) is 7.15. The second-order valence-electron chi connectivity index (χ2n) is 3.86. The maximum atomic E-state index is 11.6. The molecule has 0 radical (unpaired) electrons. The van der Waals surface area contributed by atoms with Gasteiger partial charge in [0.1, 0.15) is 0 Å². The summed E-state index contributed by atoms with van der Waals surface area (Å²) in [6.07, 6.45) is 0. The third kappa shape index (κ3) is 5.27. The third-order valence-corrected chi connectivity index (χ3v) is 3.60. The van der Waals surface area contributed by atoms with Crippen molar-refractivity contribution in [2.75, 3.05) is 19.8 Å². The largest absolute Gasteiger partial charge is 0.379 e. The molecule has 3 nitrogen and oxygen atoms in total. The molecular weight excluding hydrogens is 337 g/mol. The molecule has 0 spiro atoms. The van der Waals surface area contributed by atoms with Crippen LogP contribution in [0, 0.1) is 8.80 Å². The van der Waals surface area contributed by atoms with E-state index in [1.165, 1.54) is 0 Å². The fourth-order valence-corrected chi connectivity index (χ4v) is 2.41. The summed E-state index contributed by atoms with van der Waals surface area (Å²) in [5, 5.41) is 4.69. The molecular formula is C11H16INO2S. The van der Waals surface area contributed by atoms with Gasteiger partial charge in [-0.25, -0.2) is 0 Å². The Morgan fingerprint density at radius 3 is 2.94 bits per heavy atom. The van der Waals surface area contributed by atoms with Crippen molar-refractivity contribution in [3.63, 3.8) is 0 Å². The van der Waals surface area contributed by atoms with Crippen molar-refractivity contribution >= 4 is 39.8 Å². The van der Waals surface area contributed by atoms with Crippen LogP contribution in [-0.4, -0.2) is 25.7 Å². The molecule has 1 rings (SSSR count). The first-order valence-electron chi connectivity index (χ1n) is 5.19. The molecule has 0 saturated carbocycles. The molecule has 0 bridgehead atoms. The summed E-state index contributed by atoms with van der Waals surface area (Å²) in [4.78, 5) is 11.6. The van der Waals surface area contributed by atoms with Gasteiger partial charge >= 0.3 is 0 Å². The Morgan fingerprint density at radius 2 is 2.38 bits per heavy atom. The summed E-state index contributed by atoms with van der Waals surface area (Å²) in [7, 11) is 0. The zero-order chi connectivity index (χ0) is 12.0. The van der Waals surface area contributed by atoms with E-state index in [0.29, 0.717) is 19.1 Å². The Hall–Kier alpha value is -0.140. The molecule has 0 aromatic carbocycles. The molecule has 0 atom stereocenters. The van der Waals surface area contributed by atoms with Gasteiger partial charge in [0.05, 0.1) is 15.1 Å². The number of amides is 1. The molecule has 0 aliphatic rings. The van der Waals surface area contributed by atoms with Gasteiger partial charge in [0.2, 0.25) is 0 Å². The van der Waals surface area contributed by atoms with Gasteiger partial charge in [0, 0.05) is 18.5 Å². The Morgan fingerprint density at radius 1 is 1.62 bits per heavy atom. The molecule has 0 saturated heterocycles. The van der Waals surface area contributed by atoms with Crippen molar-refractivity contribution < 1.29 is 9.53 Å². The van der Waals surface area contributed by atoms with Crippen LogP contribution in [0.3, 0.4) is 0 Å². The number of hydrogen-bond acceptors (Lipinski definition) is 3. The molecule has 1 aromatic heterocycles. The van der Waals surface area contributed by atoms with Crippen molar-refractivity contribution in [1.82, 2.24) is 5.32 Å². The summed E-state index contributed by atoms with van der Waals surface area (Å²) in [6.45, 7) is 6.09. The maximum Gasteiger partial charge on any atom is 0.252 e. The second-order valence-corrected chi connectivity index (χ2v) is 6.67. The zero-order valence-corrected chi connectivity index (χ0v) is 12.4. The van der Waals surface area contributed by atoms with E-state index in [9.17, 15) is 4.79 Å². The molecule has 0 unspecified atom stereocenters. The van der Waals surface area contributed by atoms with Crippen molar-refractivity contribution in [3.05, 3.63) is 19.9 Å². The Labute approximate surface area is 114 Å². The van der Waals surface area contributed by atoms with Gasteiger partial charge in [0.25, 0.3) is 5.91 Å². The summed E-state index contributed by atoms with van der Waals surface area (Å²) in [5.74, 6) is 0.515. The van der Waals surface area contributed by atoms with Crippen LogP contribution in [0.5, 0.6) is 0 Å². The number of rotatable bonds is 6. The SMILES string of the molecule is CC(C)COCCNC(=O)c1csc(I)c1. The first kappa shape index (κ1) is 13.9. The van der Waals surface area contributed by atoms with Crippen LogP contribution in [-0.2, 0) is 4.74 Å². The van der Waals surface area contributed by atoms with Crippen molar-refractivity contribution in [2.24, 2.45) is 5.92 Å². The number of halogens is 1. The molecule has 1 aromatic rings. The van der Waals surface area contributed by atoms with Crippen LogP contribution >= 0.6 is 33.9 Å². The minimum Gasteiger partial charge on any atom is -0.379 e. The number of carbonyl (C=O) groups is 1. The van der Waals surface area contributed by atoms with Gasteiger partial charge in [-0.3, -0.25) is 4.79 Å². The second kappa shape index (κ2) is 7.24. The molecule has 5 heteroatoms. The highest BCUT2D eigenvalue weighted by molar-refractivity contribution is 14.1. The predicted octanol–water partition coefficient (Wildman–Crippen LogP) is 2.76. The van der Waals surface area contributed by atoms with Crippen LogP contribution in [0.25, 0.3) is 0 Å². The molecule has 16 heavy (non-hydrogen) atoms. The van der Waals surface area contributed by atoms with Crippen LogP contribution in [0.15, 0.2) is 11.4 Å². The van der Waals surface area contributed by atoms with Crippen molar-refractivity contribution in [1.29, 1.82) is 0 Å². The van der Waals surface area contributed by atoms with Gasteiger partial charge < -0.3 is 10.1 Å². The van der Waals surface area contributed by atoms with E-state index >= 15 is 0 Å². The quantitative estimate of drug-likeness (QED) is 0.631. The van der Waals surface area contributed by atoms with Gasteiger partial charge in [-0.05, 0) is 34.6 Å². The Kier molecular flexibility index (Phi) is 6.30. The molecule has 1 amide bonds. The minimum absolute atomic E-state index is 0.0210. The average Bonchev–Trinajstić information content (AvgIpc) is 2.63. The van der Waals surface area contributed by atoms with Crippen LogP contribution in [0.4, 0.5) is 0 Å². The number of hydrogen-bond donors (Lipinski definition) is 1. The van der Waals surface area contributed by atoms with Crippen molar-refractivity contribution in [3.8, 4) is 0 Å². The topological polar surface area (TPSA) is 38.3 Å². The molecule has 90 valence electrons. The minimum atomic E-state index is -0.0210. The van der Waals surface area contributed by atoms with Crippen LogP contribution < -0.4 is 5.32 Å². The van der Waals surface area contributed by atoms with E-state index in [1.54, 1.807) is 11.3 Å². The highest BCUT2D eigenvalue weighted by Crippen LogP contribution is 2.16. The average molecular weight is 353 g/mol. The van der Waals surface area contributed by atoms with Gasteiger partial charge in [-0.1, -0.05) is 13.8 Å². The third-order valence-electron chi connectivity index (χ3n) is 1.81. The van der Waals surface area contributed by atoms with E-state index < -0.39 is 0 Å². The number of carbonyl (C=O) groups excluding carboxylic acids is 1.